The average molecular weight is 411 g/mol. The van der Waals surface area contributed by atoms with Gasteiger partial charge in [0.2, 0.25) is 5.91 Å². The minimum absolute atomic E-state index is 0.0278. The van der Waals surface area contributed by atoms with Crippen molar-refractivity contribution in [1.29, 1.82) is 0 Å². The largest absolute Gasteiger partial charge is 0.338 e. The standard InChI is InChI=1S/C21H19ClN4O3/c1-13-19(25-29-24-13)11-20(27)26-9-8-14-6-7-16(10-15(14)12-26)23-21(28)17-4-2-3-5-18(17)22/h2-7,10H,8-9,11-12H2,1H3,(H,23,28). The molecule has 0 saturated heterocycles. The van der Waals surface area contributed by atoms with E-state index in [0.717, 1.165) is 12.0 Å². The number of carbonyl (C=O) groups excluding carboxylic acids is 2. The Labute approximate surface area is 172 Å². The monoisotopic (exact) mass is 410 g/mol. The van der Waals surface area contributed by atoms with E-state index in [2.05, 4.69) is 20.3 Å². The zero-order chi connectivity index (χ0) is 20.4. The molecule has 0 atom stereocenters. The predicted molar refractivity (Wildman–Crippen MR) is 108 cm³/mol. The van der Waals surface area contributed by atoms with E-state index in [1.807, 2.05) is 18.2 Å². The number of nitrogens with one attached hydrogen (secondary N) is 1. The van der Waals surface area contributed by atoms with Gasteiger partial charge in [0.15, 0.2) is 0 Å². The van der Waals surface area contributed by atoms with Gasteiger partial charge < -0.3 is 10.2 Å². The molecule has 0 saturated carbocycles. The molecule has 8 heteroatoms. The maximum absolute atomic E-state index is 12.6. The van der Waals surface area contributed by atoms with Crippen molar-refractivity contribution < 1.29 is 14.2 Å². The lowest BCUT2D eigenvalue weighted by Gasteiger charge is -2.29. The normalized spacial score (nSPS) is 13.1. The topological polar surface area (TPSA) is 88.3 Å². The van der Waals surface area contributed by atoms with Crippen LogP contribution in [0.1, 0.15) is 32.9 Å². The second-order valence-electron chi connectivity index (χ2n) is 6.96. The van der Waals surface area contributed by atoms with Crippen molar-refractivity contribution in [2.45, 2.75) is 26.3 Å². The summed E-state index contributed by atoms with van der Waals surface area (Å²) in [6.45, 7) is 2.88. The fraction of sp³-hybridized carbons (Fsp3) is 0.238. The maximum atomic E-state index is 12.6. The zero-order valence-corrected chi connectivity index (χ0v) is 16.6. The molecule has 0 bridgehead atoms. The Morgan fingerprint density at radius 3 is 2.76 bits per heavy atom. The maximum Gasteiger partial charge on any atom is 0.257 e. The number of hydrogen-bond donors (Lipinski definition) is 1. The van der Waals surface area contributed by atoms with Crippen molar-refractivity contribution in [3.8, 4) is 0 Å². The lowest BCUT2D eigenvalue weighted by Crippen LogP contribution is -2.37. The van der Waals surface area contributed by atoms with Gasteiger partial charge in [-0.2, -0.15) is 0 Å². The van der Waals surface area contributed by atoms with Crippen LogP contribution < -0.4 is 5.32 Å². The molecule has 29 heavy (non-hydrogen) atoms. The summed E-state index contributed by atoms with van der Waals surface area (Å²) in [7, 11) is 0. The van der Waals surface area contributed by atoms with Crippen molar-refractivity contribution in [3.63, 3.8) is 0 Å². The first-order chi connectivity index (χ1) is 14.0. The number of halogens is 1. The van der Waals surface area contributed by atoms with E-state index < -0.39 is 0 Å². The number of hydrogen-bond acceptors (Lipinski definition) is 5. The van der Waals surface area contributed by atoms with Crippen molar-refractivity contribution in [3.05, 3.63) is 75.6 Å². The van der Waals surface area contributed by atoms with Gasteiger partial charge in [-0.3, -0.25) is 9.59 Å². The summed E-state index contributed by atoms with van der Waals surface area (Å²) in [4.78, 5) is 26.9. The smallest absolute Gasteiger partial charge is 0.257 e. The highest BCUT2D eigenvalue weighted by Crippen LogP contribution is 2.24. The summed E-state index contributed by atoms with van der Waals surface area (Å²) in [6, 6.07) is 12.7. The number of benzene rings is 2. The van der Waals surface area contributed by atoms with Gasteiger partial charge in [-0.15, -0.1) is 0 Å². The highest BCUT2D eigenvalue weighted by Gasteiger charge is 2.23. The van der Waals surface area contributed by atoms with Gasteiger partial charge in [0.05, 0.1) is 17.0 Å². The quantitative estimate of drug-likeness (QED) is 0.712. The molecule has 0 spiro atoms. The average Bonchev–Trinajstić information content (AvgIpc) is 3.12. The zero-order valence-electron chi connectivity index (χ0n) is 15.8. The van der Waals surface area contributed by atoms with Gasteiger partial charge in [0.1, 0.15) is 11.4 Å². The lowest BCUT2D eigenvalue weighted by atomic mass is 9.98. The third-order valence-electron chi connectivity index (χ3n) is 5.01. The van der Waals surface area contributed by atoms with Crippen LogP contribution in [0.3, 0.4) is 0 Å². The lowest BCUT2D eigenvalue weighted by molar-refractivity contribution is -0.131. The van der Waals surface area contributed by atoms with Crippen LogP contribution in [0.4, 0.5) is 5.69 Å². The Kier molecular flexibility index (Phi) is 5.31. The Morgan fingerprint density at radius 2 is 2.00 bits per heavy atom. The van der Waals surface area contributed by atoms with Crippen LogP contribution in [0, 0.1) is 6.92 Å². The predicted octanol–water partition coefficient (Wildman–Crippen LogP) is 3.41. The Bertz CT molecular complexity index is 1080. The third-order valence-corrected chi connectivity index (χ3v) is 5.34. The summed E-state index contributed by atoms with van der Waals surface area (Å²) >= 11 is 6.10. The fourth-order valence-electron chi connectivity index (χ4n) is 3.36. The van der Waals surface area contributed by atoms with Crippen molar-refractivity contribution >= 4 is 29.1 Å². The number of fused-ring (bicyclic) bond motifs is 1. The summed E-state index contributed by atoms with van der Waals surface area (Å²) in [5.41, 5.74) is 4.45. The molecule has 0 aliphatic carbocycles. The molecule has 4 rings (SSSR count). The molecule has 1 aliphatic rings. The number of anilines is 1. The molecule has 0 unspecified atom stereocenters. The molecule has 0 radical (unpaired) electrons. The summed E-state index contributed by atoms with van der Waals surface area (Å²) in [5, 5.41) is 10.8. The molecule has 1 N–H and O–H groups in total. The van der Waals surface area contributed by atoms with Crippen molar-refractivity contribution in [1.82, 2.24) is 15.2 Å². The first-order valence-electron chi connectivity index (χ1n) is 9.25. The molecule has 2 aromatic carbocycles. The van der Waals surface area contributed by atoms with Crippen molar-refractivity contribution in [2.75, 3.05) is 11.9 Å². The molecule has 2 amide bonds. The second kappa shape index (κ2) is 8.05. The minimum atomic E-state index is -0.270. The van der Waals surface area contributed by atoms with Crippen LogP contribution >= 0.6 is 11.6 Å². The van der Waals surface area contributed by atoms with Gasteiger partial charge in [0, 0.05) is 18.8 Å². The van der Waals surface area contributed by atoms with Gasteiger partial charge in [-0.05, 0) is 48.7 Å². The van der Waals surface area contributed by atoms with Crippen LogP contribution in [-0.4, -0.2) is 33.6 Å². The summed E-state index contributed by atoms with van der Waals surface area (Å²) in [5.74, 6) is -0.298. The van der Waals surface area contributed by atoms with Gasteiger partial charge in [-0.25, -0.2) is 4.63 Å². The molecule has 0 fully saturated rings. The number of aromatic nitrogens is 2. The van der Waals surface area contributed by atoms with Crippen LogP contribution in [0.25, 0.3) is 0 Å². The Morgan fingerprint density at radius 1 is 1.17 bits per heavy atom. The first kappa shape index (κ1) is 19.1. The number of nitrogens with zero attached hydrogens (tertiary/aromatic N) is 3. The fourth-order valence-corrected chi connectivity index (χ4v) is 3.58. The van der Waals surface area contributed by atoms with E-state index in [9.17, 15) is 9.59 Å². The number of amides is 2. The van der Waals surface area contributed by atoms with Crippen molar-refractivity contribution in [2.24, 2.45) is 0 Å². The number of aryl methyl sites for hydroxylation is 1. The van der Waals surface area contributed by atoms with E-state index in [1.54, 1.807) is 36.1 Å². The van der Waals surface area contributed by atoms with Gasteiger partial charge in [-0.1, -0.05) is 40.1 Å². The van der Waals surface area contributed by atoms with E-state index in [-0.39, 0.29) is 18.2 Å². The highest BCUT2D eigenvalue weighted by molar-refractivity contribution is 6.34. The van der Waals surface area contributed by atoms with Crippen LogP contribution in [0.2, 0.25) is 5.02 Å². The van der Waals surface area contributed by atoms with E-state index in [4.69, 9.17) is 11.6 Å². The van der Waals surface area contributed by atoms with Gasteiger partial charge in [0.25, 0.3) is 5.91 Å². The summed E-state index contributed by atoms with van der Waals surface area (Å²) in [6.07, 6.45) is 0.920. The molecule has 1 aromatic heterocycles. The van der Waals surface area contributed by atoms with E-state index in [0.29, 0.717) is 40.8 Å². The van der Waals surface area contributed by atoms with Crippen LogP contribution in [0.15, 0.2) is 47.1 Å². The SMILES string of the molecule is Cc1nonc1CC(=O)N1CCc2ccc(NC(=O)c3ccccc3Cl)cc2C1. The molecule has 148 valence electrons. The highest BCUT2D eigenvalue weighted by atomic mass is 35.5. The molecule has 3 aromatic rings. The van der Waals surface area contributed by atoms with E-state index in [1.165, 1.54) is 5.56 Å². The van der Waals surface area contributed by atoms with Crippen LogP contribution in [-0.2, 0) is 24.2 Å². The molecular formula is C21H19ClN4O3. The second-order valence-corrected chi connectivity index (χ2v) is 7.36. The molecular weight excluding hydrogens is 392 g/mol. The Hall–Kier alpha value is -3.19. The van der Waals surface area contributed by atoms with E-state index >= 15 is 0 Å². The minimum Gasteiger partial charge on any atom is -0.338 e. The van der Waals surface area contributed by atoms with Crippen LogP contribution in [0.5, 0.6) is 0 Å². The number of carbonyl (C=O) groups is 2. The van der Waals surface area contributed by atoms with Gasteiger partial charge >= 0.3 is 0 Å². The molecule has 1 aliphatic heterocycles. The first-order valence-corrected chi connectivity index (χ1v) is 9.62. The Balaban J connectivity index is 1.47. The number of rotatable bonds is 4. The summed E-state index contributed by atoms with van der Waals surface area (Å²) < 4.78 is 4.67. The third kappa shape index (κ3) is 4.14. The molecule has 7 nitrogen and oxygen atoms in total. The molecule has 2 heterocycles.